The van der Waals surface area contributed by atoms with Crippen molar-refractivity contribution in [3.63, 3.8) is 0 Å². The molecule has 1 nitrogen and oxygen atoms in total. The normalized spacial score (nSPS) is 11.0. The van der Waals surface area contributed by atoms with Gasteiger partial charge in [-0.3, -0.25) is 4.79 Å². The number of Topliss-reactive ketones (excluding diaryl/α,β-unsaturated/α-hetero) is 1. The van der Waals surface area contributed by atoms with Crippen LogP contribution >= 0.6 is 8.58 Å². The summed E-state index contributed by atoms with van der Waals surface area (Å²) in [7, 11) is 0.808. The Morgan fingerprint density at radius 2 is 2.15 bits per heavy atom. The third-order valence-corrected chi connectivity index (χ3v) is 3.24. The van der Waals surface area contributed by atoms with Crippen molar-refractivity contribution in [1.29, 1.82) is 0 Å². The second-order valence-corrected chi connectivity index (χ2v) is 4.10. The molecule has 0 aromatic heterocycles. The molecular weight excluding hydrogens is 179 g/mol. The molecule has 1 aromatic rings. The molecule has 0 radical (unpaired) electrons. The van der Waals surface area contributed by atoms with Crippen molar-refractivity contribution in [1.82, 2.24) is 0 Å². The minimum Gasteiger partial charge on any atom is -0.294 e. The van der Waals surface area contributed by atoms with Crippen LogP contribution in [0.25, 0.3) is 0 Å². The molecule has 0 spiro atoms. The maximum absolute atomic E-state index is 11.4. The van der Waals surface area contributed by atoms with Gasteiger partial charge in [-0.15, -0.1) is 0 Å². The Labute approximate surface area is 81.3 Å². The highest BCUT2D eigenvalue weighted by Crippen LogP contribution is 2.12. The zero-order chi connectivity index (χ0) is 9.84. The van der Waals surface area contributed by atoms with Gasteiger partial charge < -0.3 is 0 Å². The van der Waals surface area contributed by atoms with Crippen LogP contribution in [0.1, 0.15) is 29.3 Å². The molecule has 0 fully saturated rings. The van der Waals surface area contributed by atoms with Crippen LogP contribution in [0.5, 0.6) is 0 Å². The summed E-state index contributed by atoms with van der Waals surface area (Å²) in [6.07, 6.45) is 0.590. The number of hydrogen-bond acceptors (Lipinski definition) is 1. The van der Waals surface area contributed by atoms with Gasteiger partial charge in [-0.25, -0.2) is 0 Å². The number of ketones is 1. The molecular formula is C11H15OP. The van der Waals surface area contributed by atoms with Gasteiger partial charge in [0.2, 0.25) is 0 Å². The molecule has 0 saturated heterocycles. The van der Waals surface area contributed by atoms with Crippen LogP contribution in [0.3, 0.4) is 0 Å². The summed E-state index contributed by atoms with van der Waals surface area (Å²) >= 11 is 0. The lowest BCUT2D eigenvalue weighted by atomic mass is 10.1. The van der Waals surface area contributed by atoms with Crippen LogP contribution in [-0.2, 0) is 0 Å². The van der Waals surface area contributed by atoms with E-state index in [1.165, 1.54) is 10.9 Å². The van der Waals surface area contributed by atoms with Gasteiger partial charge in [0, 0.05) is 12.0 Å². The SMILES string of the molecule is CCC(=O)c1ccc(PC)c(C)c1. The third-order valence-electron chi connectivity index (χ3n) is 2.14. The van der Waals surface area contributed by atoms with Gasteiger partial charge >= 0.3 is 0 Å². The summed E-state index contributed by atoms with van der Waals surface area (Å²) in [4.78, 5) is 11.4. The van der Waals surface area contributed by atoms with Gasteiger partial charge in [0.1, 0.15) is 0 Å². The van der Waals surface area contributed by atoms with Crippen LogP contribution < -0.4 is 5.30 Å². The first-order chi connectivity index (χ1) is 6.19. The Hall–Kier alpha value is -0.680. The van der Waals surface area contributed by atoms with E-state index in [9.17, 15) is 4.79 Å². The molecule has 0 saturated carbocycles. The second-order valence-electron chi connectivity index (χ2n) is 3.06. The number of rotatable bonds is 3. The van der Waals surface area contributed by atoms with Gasteiger partial charge in [-0.1, -0.05) is 27.6 Å². The molecule has 0 amide bonds. The Morgan fingerprint density at radius 1 is 1.46 bits per heavy atom. The van der Waals surface area contributed by atoms with Gasteiger partial charge in [-0.2, -0.15) is 0 Å². The highest BCUT2D eigenvalue weighted by molar-refractivity contribution is 7.46. The first kappa shape index (κ1) is 10.4. The Morgan fingerprint density at radius 3 is 2.62 bits per heavy atom. The van der Waals surface area contributed by atoms with Crippen molar-refractivity contribution < 1.29 is 4.79 Å². The molecule has 0 aliphatic rings. The number of hydrogen-bond donors (Lipinski definition) is 0. The van der Waals surface area contributed by atoms with E-state index in [-0.39, 0.29) is 5.78 Å². The summed E-state index contributed by atoms with van der Waals surface area (Å²) in [6, 6.07) is 6.00. The van der Waals surface area contributed by atoms with E-state index in [2.05, 4.69) is 19.7 Å². The molecule has 70 valence electrons. The third kappa shape index (κ3) is 2.38. The first-order valence-electron chi connectivity index (χ1n) is 4.50. The van der Waals surface area contributed by atoms with Gasteiger partial charge in [0.25, 0.3) is 0 Å². The van der Waals surface area contributed by atoms with E-state index in [0.717, 1.165) is 14.1 Å². The van der Waals surface area contributed by atoms with Gasteiger partial charge in [-0.05, 0) is 30.5 Å². The fourth-order valence-electron chi connectivity index (χ4n) is 1.32. The molecule has 1 rings (SSSR count). The van der Waals surface area contributed by atoms with Crippen molar-refractivity contribution in [3.8, 4) is 0 Å². The summed E-state index contributed by atoms with van der Waals surface area (Å²) in [6.45, 7) is 6.12. The average molecular weight is 194 g/mol. The van der Waals surface area contributed by atoms with E-state index in [1.54, 1.807) is 0 Å². The van der Waals surface area contributed by atoms with E-state index in [4.69, 9.17) is 0 Å². The van der Waals surface area contributed by atoms with Crippen LogP contribution in [-0.4, -0.2) is 12.4 Å². The van der Waals surface area contributed by atoms with Crippen LogP contribution in [0.4, 0.5) is 0 Å². The first-order valence-corrected chi connectivity index (χ1v) is 6.00. The van der Waals surface area contributed by atoms with Crippen LogP contribution in [0, 0.1) is 6.92 Å². The van der Waals surface area contributed by atoms with E-state index in [0.29, 0.717) is 6.42 Å². The molecule has 0 aliphatic heterocycles. The Kier molecular flexibility index (Phi) is 3.62. The van der Waals surface area contributed by atoms with Crippen LogP contribution in [0.2, 0.25) is 0 Å². The highest BCUT2D eigenvalue weighted by Gasteiger charge is 2.04. The number of carbonyl (C=O) groups is 1. The number of benzene rings is 1. The minimum atomic E-state index is 0.231. The lowest BCUT2D eigenvalue weighted by Crippen LogP contribution is -2.04. The quantitative estimate of drug-likeness (QED) is 0.533. The van der Waals surface area contributed by atoms with E-state index >= 15 is 0 Å². The predicted molar refractivity (Wildman–Crippen MR) is 59.7 cm³/mol. The summed E-state index contributed by atoms with van der Waals surface area (Å²) in [5, 5.41) is 1.35. The Bertz CT molecular complexity index is 318. The molecule has 0 bridgehead atoms. The van der Waals surface area contributed by atoms with Crippen LogP contribution in [0.15, 0.2) is 18.2 Å². The number of aryl methyl sites for hydroxylation is 1. The largest absolute Gasteiger partial charge is 0.294 e. The molecule has 2 heteroatoms. The van der Waals surface area contributed by atoms with E-state index < -0.39 is 0 Å². The summed E-state index contributed by atoms with van der Waals surface area (Å²) < 4.78 is 0. The van der Waals surface area contributed by atoms with E-state index in [1.807, 2.05) is 19.1 Å². The predicted octanol–water partition coefficient (Wildman–Crippen LogP) is 2.52. The fraction of sp³-hybridized carbons (Fsp3) is 0.364. The van der Waals surface area contributed by atoms with Crippen molar-refractivity contribution in [2.75, 3.05) is 6.66 Å². The lowest BCUT2D eigenvalue weighted by Gasteiger charge is -2.04. The maximum Gasteiger partial charge on any atom is 0.162 e. The molecule has 0 aliphatic carbocycles. The highest BCUT2D eigenvalue weighted by atomic mass is 31.1. The lowest BCUT2D eigenvalue weighted by molar-refractivity contribution is 0.0988. The summed E-state index contributed by atoms with van der Waals surface area (Å²) in [5.74, 6) is 0.231. The smallest absolute Gasteiger partial charge is 0.162 e. The molecule has 1 atom stereocenters. The monoisotopic (exact) mass is 194 g/mol. The maximum atomic E-state index is 11.4. The van der Waals surface area contributed by atoms with Crippen molar-refractivity contribution in [3.05, 3.63) is 29.3 Å². The van der Waals surface area contributed by atoms with Crippen molar-refractivity contribution in [2.45, 2.75) is 20.3 Å². The standard InChI is InChI=1S/C11H15OP/c1-4-10(12)9-5-6-11(13-3)8(2)7-9/h5-7,13H,4H2,1-3H3. The van der Waals surface area contributed by atoms with Gasteiger partial charge in [0.15, 0.2) is 5.78 Å². The molecule has 1 aromatic carbocycles. The second kappa shape index (κ2) is 4.53. The fourth-order valence-corrected chi connectivity index (χ4v) is 2.04. The van der Waals surface area contributed by atoms with Crippen molar-refractivity contribution >= 4 is 19.7 Å². The molecule has 0 heterocycles. The zero-order valence-electron chi connectivity index (χ0n) is 8.35. The topological polar surface area (TPSA) is 17.1 Å². The molecule has 0 N–H and O–H groups in total. The molecule has 1 unspecified atom stereocenters. The van der Waals surface area contributed by atoms with Crippen molar-refractivity contribution in [2.24, 2.45) is 0 Å². The zero-order valence-corrected chi connectivity index (χ0v) is 9.35. The summed E-state index contributed by atoms with van der Waals surface area (Å²) in [5.41, 5.74) is 2.09. The molecule has 13 heavy (non-hydrogen) atoms. The average Bonchev–Trinajstić information content (AvgIpc) is 2.16. The number of carbonyl (C=O) groups excluding carboxylic acids is 1. The van der Waals surface area contributed by atoms with Gasteiger partial charge in [0.05, 0.1) is 0 Å². The minimum absolute atomic E-state index is 0.231. The Balaban J connectivity index is 3.02.